The van der Waals surface area contributed by atoms with Crippen molar-refractivity contribution >= 4 is 16.6 Å². The first-order valence-electron chi connectivity index (χ1n) is 8.87. The lowest BCUT2D eigenvalue weighted by atomic mass is 9.92. The van der Waals surface area contributed by atoms with Crippen LogP contribution < -0.4 is 11.5 Å². The Balaban J connectivity index is 1.76. The number of rotatable bonds is 3. The van der Waals surface area contributed by atoms with Gasteiger partial charge in [0.15, 0.2) is 5.82 Å². The molecule has 0 amide bonds. The van der Waals surface area contributed by atoms with Gasteiger partial charge in [-0.1, -0.05) is 17.3 Å². The number of nitrogen functional groups attached to an aromatic ring is 1. The lowest BCUT2D eigenvalue weighted by Gasteiger charge is -2.30. The van der Waals surface area contributed by atoms with Crippen LogP contribution in [0.25, 0.3) is 33.5 Å². The maximum atomic E-state index is 14.7. The van der Waals surface area contributed by atoms with Crippen LogP contribution in [0, 0.1) is 5.82 Å². The van der Waals surface area contributed by atoms with Gasteiger partial charge in [0.25, 0.3) is 0 Å². The van der Waals surface area contributed by atoms with Crippen LogP contribution in [0.1, 0.15) is 25.3 Å². The summed E-state index contributed by atoms with van der Waals surface area (Å²) < 4.78 is 21.5. The van der Waals surface area contributed by atoms with Gasteiger partial charge in [0.05, 0.1) is 5.56 Å². The van der Waals surface area contributed by atoms with Crippen molar-refractivity contribution in [2.24, 2.45) is 0 Å². The Bertz CT molecular complexity index is 1200. The first-order chi connectivity index (χ1) is 13.1. The highest BCUT2D eigenvalue weighted by atomic mass is 19.1. The number of hydrogen-bond acceptors (Lipinski definition) is 4. The molecular weight excluding hydrogens is 347 g/mol. The first kappa shape index (κ1) is 15.9. The number of benzene rings is 2. The summed E-state index contributed by atoms with van der Waals surface area (Å²) in [5.41, 5.74) is 9.71. The van der Waals surface area contributed by atoms with E-state index < -0.39 is 11.6 Å². The Hall–Kier alpha value is -3.35. The molecule has 1 fully saturated rings. The van der Waals surface area contributed by atoms with Gasteiger partial charge in [0, 0.05) is 28.3 Å². The monoisotopic (exact) mass is 364 g/mol. The number of anilines is 1. The number of halogens is 1. The molecular formula is C20H17FN4O2. The molecule has 2 aromatic heterocycles. The second kappa shape index (κ2) is 5.84. The van der Waals surface area contributed by atoms with Crippen LogP contribution in [-0.4, -0.2) is 14.7 Å². The number of H-pyrrole nitrogens is 1. The fourth-order valence-electron chi connectivity index (χ4n) is 3.69. The molecule has 6 nitrogen and oxygen atoms in total. The molecule has 0 aliphatic heterocycles. The van der Waals surface area contributed by atoms with E-state index in [1.165, 1.54) is 12.5 Å². The SMILES string of the molecule is Nc1ccc(-c2cc3cc(F)c(-c4noc(=O)[nH]4)cc3n2C2CCC2)cc1. The van der Waals surface area contributed by atoms with Gasteiger partial charge in [-0.25, -0.2) is 9.18 Å². The zero-order valence-electron chi connectivity index (χ0n) is 14.4. The number of hydrogen-bond donors (Lipinski definition) is 2. The van der Waals surface area contributed by atoms with E-state index in [1.807, 2.05) is 30.3 Å². The van der Waals surface area contributed by atoms with Crippen LogP contribution >= 0.6 is 0 Å². The van der Waals surface area contributed by atoms with Gasteiger partial charge >= 0.3 is 5.76 Å². The van der Waals surface area contributed by atoms with Crippen molar-refractivity contribution < 1.29 is 8.91 Å². The third kappa shape index (κ3) is 2.54. The Kier molecular flexibility index (Phi) is 3.43. The molecule has 0 unspecified atom stereocenters. The summed E-state index contributed by atoms with van der Waals surface area (Å²) in [5, 5.41) is 4.44. The van der Waals surface area contributed by atoms with E-state index in [0.717, 1.165) is 35.0 Å². The highest BCUT2D eigenvalue weighted by molar-refractivity contribution is 5.90. The molecule has 136 valence electrons. The molecule has 7 heteroatoms. The molecule has 1 aliphatic rings. The van der Waals surface area contributed by atoms with E-state index >= 15 is 0 Å². The van der Waals surface area contributed by atoms with E-state index in [9.17, 15) is 9.18 Å². The Morgan fingerprint density at radius 1 is 1.19 bits per heavy atom. The lowest BCUT2D eigenvalue weighted by Crippen LogP contribution is -2.17. The number of fused-ring (bicyclic) bond motifs is 1. The van der Waals surface area contributed by atoms with Crippen molar-refractivity contribution in [3.05, 3.63) is 58.8 Å². The summed E-state index contributed by atoms with van der Waals surface area (Å²) in [6.45, 7) is 0. The van der Waals surface area contributed by atoms with Crippen LogP contribution in [0.4, 0.5) is 10.1 Å². The van der Waals surface area contributed by atoms with E-state index in [4.69, 9.17) is 5.73 Å². The summed E-state index contributed by atoms with van der Waals surface area (Å²) in [5.74, 6) is -1.07. The fraction of sp³-hybridized carbons (Fsp3) is 0.200. The van der Waals surface area contributed by atoms with E-state index in [1.54, 1.807) is 6.07 Å². The smallest absolute Gasteiger partial charge is 0.399 e. The highest BCUT2D eigenvalue weighted by Crippen LogP contribution is 2.41. The average molecular weight is 364 g/mol. The molecule has 0 radical (unpaired) electrons. The molecule has 0 atom stereocenters. The van der Waals surface area contributed by atoms with Gasteiger partial charge in [0.2, 0.25) is 0 Å². The Labute approximate surface area is 153 Å². The number of nitrogens with one attached hydrogen (secondary N) is 1. The van der Waals surface area contributed by atoms with Crippen LogP contribution in [0.5, 0.6) is 0 Å². The van der Waals surface area contributed by atoms with Crippen LogP contribution in [0.2, 0.25) is 0 Å². The number of aromatic nitrogens is 3. The largest absolute Gasteiger partial charge is 0.439 e. The molecule has 4 aromatic rings. The van der Waals surface area contributed by atoms with Crippen LogP contribution in [0.3, 0.4) is 0 Å². The van der Waals surface area contributed by atoms with Crippen molar-refractivity contribution in [2.45, 2.75) is 25.3 Å². The minimum Gasteiger partial charge on any atom is -0.399 e. The van der Waals surface area contributed by atoms with Crippen molar-refractivity contribution in [2.75, 3.05) is 5.73 Å². The standard InChI is InChI=1S/C20H17FN4O2/c21-16-8-12-9-17(11-4-6-13(22)7-5-11)25(14-2-1-3-14)18(12)10-15(16)19-23-20(26)27-24-19/h4-10,14H,1-3,22H2,(H,23,24,26). The molecule has 0 saturated heterocycles. The minimum absolute atomic E-state index is 0.0924. The van der Waals surface area contributed by atoms with E-state index in [-0.39, 0.29) is 11.4 Å². The first-order valence-corrected chi connectivity index (χ1v) is 8.87. The quantitative estimate of drug-likeness (QED) is 0.536. The third-order valence-electron chi connectivity index (χ3n) is 5.27. The predicted molar refractivity (Wildman–Crippen MR) is 101 cm³/mol. The fourth-order valence-corrected chi connectivity index (χ4v) is 3.69. The molecule has 3 N–H and O–H groups in total. The van der Waals surface area contributed by atoms with E-state index in [2.05, 4.69) is 19.2 Å². The maximum absolute atomic E-state index is 14.7. The summed E-state index contributed by atoms with van der Waals surface area (Å²) in [4.78, 5) is 13.7. The van der Waals surface area contributed by atoms with Gasteiger partial charge in [-0.15, -0.1) is 0 Å². The molecule has 0 spiro atoms. The van der Waals surface area contributed by atoms with Gasteiger partial charge in [-0.3, -0.25) is 9.51 Å². The Morgan fingerprint density at radius 2 is 1.96 bits per heavy atom. The van der Waals surface area contributed by atoms with Gasteiger partial charge in [0.1, 0.15) is 5.82 Å². The van der Waals surface area contributed by atoms with Gasteiger partial charge in [-0.05, 0) is 55.2 Å². The number of nitrogens with zero attached hydrogens (tertiary/aromatic N) is 2. The molecule has 0 bridgehead atoms. The lowest BCUT2D eigenvalue weighted by molar-refractivity contribution is 0.324. The van der Waals surface area contributed by atoms with E-state index in [0.29, 0.717) is 11.7 Å². The third-order valence-corrected chi connectivity index (χ3v) is 5.27. The molecule has 5 rings (SSSR count). The van der Waals surface area contributed by atoms with Crippen molar-refractivity contribution in [1.29, 1.82) is 0 Å². The normalized spacial score (nSPS) is 14.6. The average Bonchev–Trinajstić information content (AvgIpc) is 3.18. The summed E-state index contributed by atoms with van der Waals surface area (Å²) in [6, 6.07) is 13.3. The zero-order valence-corrected chi connectivity index (χ0v) is 14.4. The molecule has 1 aliphatic carbocycles. The predicted octanol–water partition coefficient (Wildman–Crippen LogP) is 4.10. The highest BCUT2D eigenvalue weighted by Gasteiger charge is 2.25. The molecule has 1 saturated carbocycles. The maximum Gasteiger partial charge on any atom is 0.439 e. The van der Waals surface area contributed by atoms with Crippen molar-refractivity contribution in [1.82, 2.24) is 14.7 Å². The molecule has 27 heavy (non-hydrogen) atoms. The summed E-state index contributed by atoms with van der Waals surface area (Å²) in [7, 11) is 0. The Morgan fingerprint density at radius 3 is 2.59 bits per heavy atom. The number of nitrogens with two attached hydrogens (primary N) is 1. The molecule has 2 aromatic carbocycles. The topological polar surface area (TPSA) is 89.8 Å². The second-order valence-electron chi connectivity index (χ2n) is 6.94. The van der Waals surface area contributed by atoms with Gasteiger partial charge < -0.3 is 10.3 Å². The van der Waals surface area contributed by atoms with Crippen LogP contribution in [0.15, 0.2) is 51.8 Å². The number of aromatic amines is 1. The zero-order chi connectivity index (χ0) is 18.5. The van der Waals surface area contributed by atoms with Crippen molar-refractivity contribution in [3.63, 3.8) is 0 Å². The summed E-state index contributed by atoms with van der Waals surface area (Å²) >= 11 is 0. The minimum atomic E-state index is -0.707. The second-order valence-corrected chi connectivity index (χ2v) is 6.94. The van der Waals surface area contributed by atoms with Gasteiger partial charge in [-0.2, -0.15) is 0 Å². The van der Waals surface area contributed by atoms with Crippen LogP contribution in [-0.2, 0) is 0 Å². The van der Waals surface area contributed by atoms with Crippen molar-refractivity contribution in [3.8, 4) is 22.6 Å². The molecule has 2 heterocycles. The summed E-state index contributed by atoms with van der Waals surface area (Å²) in [6.07, 6.45) is 3.34.